The molecule has 5 saturated carbocycles. The van der Waals surface area contributed by atoms with Crippen molar-refractivity contribution < 1.29 is 141 Å². The van der Waals surface area contributed by atoms with Crippen molar-refractivity contribution in [1.29, 1.82) is 0 Å². The van der Waals surface area contributed by atoms with Crippen molar-refractivity contribution in [3.05, 3.63) is 222 Å². The molecule has 5 fully saturated rings. The molecule has 2 aromatic carbocycles. The van der Waals surface area contributed by atoms with Gasteiger partial charge in [-0.15, -0.1) is 23.0 Å². The quantitative estimate of drug-likeness (QED) is 0.00392. The van der Waals surface area contributed by atoms with Crippen LogP contribution < -0.4 is 71.5 Å². The maximum Gasteiger partial charge on any atom is 2.00 e. The van der Waals surface area contributed by atoms with Crippen LogP contribution in [0.4, 0.5) is 20.2 Å². The van der Waals surface area contributed by atoms with Gasteiger partial charge in [0.15, 0.2) is 17.3 Å². The van der Waals surface area contributed by atoms with Crippen LogP contribution in [0.1, 0.15) is 336 Å². The number of carbonyl (C=O) groups excluding carboxylic acids is 4. The minimum absolute atomic E-state index is 0. The van der Waals surface area contributed by atoms with Crippen molar-refractivity contribution >= 4 is 142 Å². The molecule has 5 heterocycles. The molecule has 3 unspecified atom stereocenters. The number of ketones is 3. The number of nitrogen functional groups attached to an aromatic ring is 1. The molecule has 140 heavy (non-hydrogen) atoms. The number of aromatic nitrogens is 5. The monoisotopic (exact) mass is 2260 g/mol. The van der Waals surface area contributed by atoms with Crippen LogP contribution >= 0.6 is 17.0 Å². The number of hydrogen-bond donors (Lipinski definition) is 7. The molecule has 12 rings (SSSR count). The summed E-state index contributed by atoms with van der Waals surface area (Å²) in [6.07, 6.45) is 47.9. The van der Waals surface area contributed by atoms with E-state index in [1.54, 1.807) is 197 Å². The number of nitrogens with zero attached hydrogens (tertiary/aromatic N) is 7. The first-order valence-electron chi connectivity index (χ1n) is 48.5. The zero-order valence-corrected chi connectivity index (χ0v) is 104. The van der Waals surface area contributed by atoms with Gasteiger partial charge in [0.25, 0.3) is 0 Å². The van der Waals surface area contributed by atoms with Gasteiger partial charge in [-0.3, -0.25) is 44.4 Å². The summed E-state index contributed by atoms with van der Waals surface area (Å²) in [6.45, 7) is 46.1. The number of benzene rings is 2. The average Bonchev–Trinajstić information content (AvgIpc) is 1.76. The van der Waals surface area contributed by atoms with E-state index in [0.29, 0.717) is 41.0 Å². The Balaban J connectivity index is -0.000000287. The first-order chi connectivity index (χ1) is 63.3. The van der Waals surface area contributed by atoms with E-state index < -0.39 is 77.1 Å². The van der Waals surface area contributed by atoms with Crippen LogP contribution in [-0.4, -0.2) is 190 Å². The molecular formula is C107H176BrF2KMgN10O12S3SiSnTi. The summed E-state index contributed by atoms with van der Waals surface area (Å²) in [5.74, 6) is 3.32. The number of Topliss-reactive ketones (excluding diaryl/α,β-unsaturated/α-hetero) is 2. The maximum atomic E-state index is 13.8. The Morgan fingerprint density at radius 2 is 0.943 bits per heavy atom. The van der Waals surface area contributed by atoms with Crippen molar-refractivity contribution in [2.75, 3.05) is 17.3 Å². The molecule has 10 N–H and O–H groups in total. The third-order valence-corrected chi connectivity index (χ3v) is 37.5. The van der Waals surface area contributed by atoms with Gasteiger partial charge >= 0.3 is 167 Å². The van der Waals surface area contributed by atoms with Gasteiger partial charge in [0, 0.05) is 143 Å². The van der Waals surface area contributed by atoms with Crippen LogP contribution in [0.15, 0.2) is 176 Å². The van der Waals surface area contributed by atoms with Gasteiger partial charge in [-0.1, -0.05) is 70.3 Å². The summed E-state index contributed by atoms with van der Waals surface area (Å²) in [5.41, 5.74) is 11.9. The van der Waals surface area contributed by atoms with Crippen LogP contribution in [0.2, 0.25) is 33.0 Å². The van der Waals surface area contributed by atoms with Crippen LogP contribution in [0.25, 0.3) is 0 Å². The Bertz CT molecular complexity index is 4450. The van der Waals surface area contributed by atoms with Crippen LogP contribution in [0.5, 0.6) is 0 Å². The van der Waals surface area contributed by atoms with Crippen LogP contribution in [0, 0.1) is 47.3 Å². The molecule has 5 aliphatic carbocycles. The predicted molar refractivity (Wildman–Crippen MR) is 587 cm³/mol. The average molecular weight is 2270 g/mol. The van der Waals surface area contributed by atoms with Gasteiger partial charge in [-0.2, -0.15) is 22.6 Å². The fourth-order valence-electron chi connectivity index (χ4n) is 11.3. The van der Waals surface area contributed by atoms with E-state index in [1.807, 2.05) is 104 Å². The molecular weight excluding hydrogens is 2090 g/mol. The molecule has 0 saturated heterocycles. The van der Waals surface area contributed by atoms with Gasteiger partial charge in [0.2, 0.25) is 0 Å². The molecule has 0 radical (unpaired) electrons. The molecule has 4 atom stereocenters. The van der Waals surface area contributed by atoms with E-state index in [2.05, 4.69) is 80.5 Å². The third kappa shape index (κ3) is 77.8. The Labute approximate surface area is 944 Å². The summed E-state index contributed by atoms with van der Waals surface area (Å²) in [6, 6.07) is 30.6. The molecule has 7 aromatic rings. The standard InChI is InChI=1S/C21H28FN3OS.C15H22N2OS.C11H13NO.C11H11NO.C10H15FNSi.C7H7NO.C4H11NOS.C4H6O.3C4H9.4C3H8O.BrH.K.Mg.H2O.Sn.Ti.2H/c1-20(2,3)27(26)25-21(11-8-15-4-5-15,16-9-12-24-13-10-16)17-6-7-18(22)19(23)14-17;1-15(2,3)19(18)17-14(7-6-12-4-5-12)13-8-10-16-11-9-13;2*13-11(4-3-9-1-2-9)10-5-7-12-8-6-10;1-12(13(2,3)4)10-8-6-5-7-9(10)11;1-6(9)7-2-4-8-5-3-7;1-4(2,3)7(5)6;5-3-4-1-2-4;3*1-3-4-2;4*1-3(2)4;;;;;;;;/h6-7,9-10,12-15,25H,4-5,8,11,23H2,1-3H3;8-12H,4-7H2,1-3H3;5-9H,1-4H2;3-9H,1-2H2;5,7-8H,1-4H3;2-5H,1H3;5H2,1-3H3;3-4H,1-2H2;3*1,3-4H2,2H3;4*3-4H,1-2H3;1H;;;1H2;;;;/q;;;;-1;;;;;;;;;;;;+1;+2;;;;;-1/p-1/b;;;4-3+;;;;;;;;;;;;;;;;;;;/t;;;;;;7-;;;;;;;;;;;;;;;;/m......1................/s1. The minimum Gasteiger partial charge on any atom is -1.00 e. The van der Waals surface area contributed by atoms with Gasteiger partial charge in [-0.05, 0) is 314 Å². The number of anilines is 2. The normalized spacial score (nSPS) is 14.3. The van der Waals surface area contributed by atoms with E-state index in [9.17, 15) is 40.6 Å². The maximum absolute atomic E-state index is 13.8. The van der Waals surface area contributed by atoms with Crippen LogP contribution in [0.3, 0.4) is 0 Å². The Morgan fingerprint density at radius 3 is 1.26 bits per heavy atom. The van der Waals surface area contributed by atoms with Gasteiger partial charge in [-0.25, -0.2) is 26.1 Å². The van der Waals surface area contributed by atoms with Crippen molar-refractivity contribution in [1.82, 2.24) is 29.6 Å². The van der Waals surface area contributed by atoms with E-state index in [0.717, 1.165) is 91.0 Å². The number of nitrogens with one attached hydrogen (secondary N) is 1. The number of aldehydes is 1. The summed E-state index contributed by atoms with van der Waals surface area (Å²) in [4.78, 5) is 62.9. The minimum atomic E-state index is -1.46. The molecule has 0 spiro atoms. The molecule has 0 aliphatic heterocycles. The number of pyridine rings is 5. The molecule has 0 amide bonds. The number of rotatable bonds is 32. The Morgan fingerprint density at radius 1 is 0.571 bits per heavy atom. The topological polar surface area (TPSA) is 375 Å². The summed E-state index contributed by atoms with van der Waals surface area (Å²) in [5, 5.41) is 37.3. The second kappa shape index (κ2) is 82.4. The number of allylic oxidation sites excluding steroid dienone is 2. The van der Waals surface area contributed by atoms with Gasteiger partial charge < -0.3 is 42.4 Å². The summed E-state index contributed by atoms with van der Waals surface area (Å²) >= 11 is -0.967. The first kappa shape index (κ1) is 147. The molecule has 5 aromatic heterocycles. The number of nitrogens with two attached hydrogens (primary N) is 2. The number of unbranched alkanes of at least 4 members (excludes halogenated alkanes) is 3. The molecule has 22 nitrogen and oxygen atoms in total. The van der Waals surface area contributed by atoms with Crippen molar-refractivity contribution in [3.8, 4) is 0 Å². The third-order valence-electron chi connectivity index (χ3n) is 20.5. The Hall–Kier alpha value is -3.48. The zero-order valence-electron chi connectivity index (χ0n) is 90.7. The van der Waals surface area contributed by atoms with E-state index in [-0.39, 0.29) is 183 Å². The SMILES string of the molecule is Br.CC(=O)c1ccncc1.CC(C)(C)S(=O)N=C(CCC1CC1)c1ccncc1.CC(C)(C)S(=O)NC(CCC1CC1)(c1ccncc1)c1ccc(F)c(N)c1.CC(C)(C)[S@](N)=O.CC(C)O.CC(C)O.CC(C)O.CC(C)O.CCC[CH2][SnH]([CH2]CCC)[CH2]CCC.CN(c1c[c-]ccc1F)[Si](C)(C)C.O=C(/C=C/C1CC1)c1ccncc1.O=C(CCC1CC1)c1ccncc1.O=CC1CC1.[H-].[K+].[Mg+2].[OH-].[Ti]. The number of hydrogen-bond acceptors (Lipinski definition) is 19. The second-order valence-electron chi connectivity index (χ2n) is 39.8. The smallest absolute Gasteiger partial charge is 1.00 e. The van der Waals surface area contributed by atoms with Gasteiger partial charge in [0.05, 0.1) is 53.2 Å². The number of aliphatic hydroxyl groups excluding tert-OH is 4. The molecule has 5 aliphatic rings. The molecule has 780 valence electrons. The van der Waals surface area contributed by atoms with E-state index in [4.69, 9.17) is 31.3 Å². The zero-order chi connectivity index (χ0) is 103. The fraction of sp³-hybridized carbons (Fsp3) is 0.589. The van der Waals surface area contributed by atoms with Crippen molar-refractivity contribution in [3.63, 3.8) is 0 Å². The molecule has 0 bridgehead atoms. The van der Waals surface area contributed by atoms with Gasteiger partial charge in [0.1, 0.15) is 31.3 Å². The first-order valence-corrected chi connectivity index (χ1v) is 62.5. The number of aliphatic hydroxyl groups is 4. The summed E-state index contributed by atoms with van der Waals surface area (Å²) < 4.78 is 76.9. The Kier molecular flexibility index (Phi) is 86.6. The fourth-order valence-corrected chi connectivity index (χ4v) is 24.7. The van der Waals surface area contributed by atoms with Crippen LogP contribution in [-0.2, 0) is 65.0 Å². The van der Waals surface area contributed by atoms with Crippen molar-refractivity contribution in [2.24, 2.45) is 39.1 Å². The second-order valence-corrected chi connectivity index (χ2v) is 60.4. The van der Waals surface area contributed by atoms with Crippen molar-refractivity contribution in [2.45, 2.75) is 364 Å². The number of halogens is 3. The van der Waals surface area contributed by atoms with E-state index >= 15 is 0 Å². The largest absolute Gasteiger partial charge is 2.00 e. The predicted octanol–water partition coefficient (Wildman–Crippen LogP) is 21.0. The van der Waals surface area contributed by atoms with E-state index in [1.165, 1.54) is 109 Å². The molecule has 33 heteroatoms. The summed E-state index contributed by atoms with van der Waals surface area (Å²) in [7, 11) is -3.21. The number of carbonyl (C=O) groups is 4.